The highest BCUT2D eigenvalue weighted by molar-refractivity contribution is 5.90. The highest BCUT2D eigenvalue weighted by Crippen LogP contribution is 2.23. The normalized spacial score (nSPS) is 20.6. The number of carbonyl (C=O) groups is 2. The zero-order valence-electron chi connectivity index (χ0n) is 16.6. The number of rotatable bonds is 4. The van der Waals surface area contributed by atoms with E-state index in [1.807, 2.05) is 30.9 Å². The number of hydrogen-bond acceptors (Lipinski definition) is 4. The van der Waals surface area contributed by atoms with Crippen molar-refractivity contribution in [2.45, 2.75) is 32.7 Å². The molecule has 0 radical (unpaired) electrons. The lowest BCUT2D eigenvalue weighted by molar-refractivity contribution is -0.129. The number of likely N-dealkylation sites (tertiary alicyclic amines) is 1. The van der Waals surface area contributed by atoms with E-state index < -0.39 is 0 Å². The molecule has 0 aromatic heterocycles. The fourth-order valence-corrected chi connectivity index (χ4v) is 3.76. The van der Waals surface area contributed by atoms with Gasteiger partial charge in [0.25, 0.3) is 0 Å². The Kier molecular flexibility index (Phi) is 6.21. The molecular weight excluding hydrogens is 342 g/mol. The largest absolute Gasteiger partial charge is 0.369 e. The second-order valence-electron chi connectivity index (χ2n) is 7.62. The number of benzene rings is 1. The summed E-state index contributed by atoms with van der Waals surface area (Å²) in [5.41, 5.74) is 3.09. The Bertz CT molecular complexity index is 685. The molecule has 2 saturated heterocycles. The smallest absolute Gasteiger partial charge is 0.319 e. The van der Waals surface area contributed by atoms with Crippen LogP contribution in [0.1, 0.15) is 25.3 Å². The summed E-state index contributed by atoms with van der Waals surface area (Å²) in [6, 6.07) is 6.00. The number of hydrogen-bond donors (Lipinski definition) is 2. The van der Waals surface area contributed by atoms with Gasteiger partial charge >= 0.3 is 6.03 Å². The Balaban J connectivity index is 1.57. The van der Waals surface area contributed by atoms with Crippen molar-refractivity contribution in [2.24, 2.45) is 0 Å². The van der Waals surface area contributed by atoms with Crippen LogP contribution >= 0.6 is 0 Å². The molecule has 3 amide bonds. The Morgan fingerprint density at radius 2 is 1.85 bits per heavy atom. The molecule has 1 atom stereocenters. The van der Waals surface area contributed by atoms with Crippen molar-refractivity contribution in [3.05, 3.63) is 23.8 Å². The van der Waals surface area contributed by atoms with Gasteiger partial charge in [0.15, 0.2) is 0 Å². The van der Waals surface area contributed by atoms with E-state index >= 15 is 0 Å². The van der Waals surface area contributed by atoms with E-state index in [0.29, 0.717) is 13.0 Å². The van der Waals surface area contributed by atoms with Gasteiger partial charge in [-0.2, -0.15) is 0 Å². The lowest BCUT2D eigenvalue weighted by atomic mass is 10.1. The first-order valence-electron chi connectivity index (χ1n) is 9.85. The predicted octanol–water partition coefficient (Wildman–Crippen LogP) is 1.88. The summed E-state index contributed by atoms with van der Waals surface area (Å²) in [7, 11) is 2.14. The summed E-state index contributed by atoms with van der Waals surface area (Å²) < 4.78 is 0. The molecule has 2 N–H and O–H groups in total. The fraction of sp³-hybridized carbons (Fsp3) is 0.600. The standard InChI is InChI=1S/C20H31N5O2/c1-4-19(26)25-6-5-16(14-25)21-20(27)22-17-11-15(2)12-18(13-17)24-9-7-23(3)8-10-24/h11-13,16H,4-10,14H2,1-3H3,(H2,21,22,27)/t16-/m1/s1. The van der Waals surface area contributed by atoms with Crippen LogP contribution in [0.2, 0.25) is 0 Å². The molecule has 0 spiro atoms. The maximum absolute atomic E-state index is 12.4. The van der Waals surface area contributed by atoms with Gasteiger partial charge in [0.2, 0.25) is 5.91 Å². The van der Waals surface area contributed by atoms with Crippen molar-refractivity contribution in [1.29, 1.82) is 0 Å². The third kappa shape index (κ3) is 5.13. The van der Waals surface area contributed by atoms with Gasteiger partial charge in [0.1, 0.15) is 0 Å². The SMILES string of the molecule is CCC(=O)N1CC[C@@H](NC(=O)Nc2cc(C)cc(N3CCN(C)CC3)c2)C1. The topological polar surface area (TPSA) is 67.9 Å². The van der Waals surface area contributed by atoms with Gasteiger partial charge in [0.05, 0.1) is 0 Å². The number of aryl methyl sites for hydroxylation is 1. The van der Waals surface area contributed by atoms with E-state index in [9.17, 15) is 9.59 Å². The van der Waals surface area contributed by atoms with E-state index in [1.165, 1.54) is 0 Å². The number of amides is 3. The Morgan fingerprint density at radius 1 is 1.11 bits per heavy atom. The van der Waals surface area contributed by atoms with Gasteiger partial charge in [-0.05, 0) is 44.2 Å². The molecule has 7 heteroatoms. The molecule has 0 aliphatic carbocycles. The first-order valence-corrected chi connectivity index (χ1v) is 9.85. The molecule has 27 heavy (non-hydrogen) atoms. The number of nitrogens with zero attached hydrogens (tertiary/aromatic N) is 3. The highest BCUT2D eigenvalue weighted by Gasteiger charge is 2.26. The van der Waals surface area contributed by atoms with Gasteiger partial charge in [-0.15, -0.1) is 0 Å². The van der Waals surface area contributed by atoms with Gasteiger partial charge in [-0.1, -0.05) is 6.92 Å². The van der Waals surface area contributed by atoms with E-state index in [2.05, 4.69) is 33.5 Å². The summed E-state index contributed by atoms with van der Waals surface area (Å²) in [6.07, 6.45) is 1.32. The highest BCUT2D eigenvalue weighted by atomic mass is 16.2. The average molecular weight is 374 g/mol. The third-order valence-corrected chi connectivity index (χ3v) is 5.37. The molecule has 3 rings (SSSR count). The van der Waals surface area contributed by atoms with Crippen LogP contribution < -0.4 is 15.5 Å². The Hall–Kier alpha value is -2.28. The summed E-state index contributed by atoms with van der Waals surface area (Å²) in [4.78, 5) is 30.7. The summed E-state index contributed by atoms with van der Waals surface area (Å²) >= 11 is 0. The molecule has 2 heterocycles. The first kappa shape index (κ1) is 19.5. The van der Waals surface area contributed by atoms with Crippen LogP contribution in [-0.2, 0) is 4.79 Å². The van der Waals surface area contributed by atoms with E-state index in [0.717, 1.165) is 56.1 Å². The quantitative estimate of drug-likeness (QED) is 0.846. The second-order valence-corrected chi connectivity index (χ2v) is 7.62. The van der Waals surface area contributed by atoms with Crippen LogP contribution in [0.15, 0.2) is 18.2 Å². The number of carbonyl (C=O) groups excluding carboxylic acids is 2. The molecule has 2 aliphatic rings. The number of nitrogens with one attached hydrogen (secondary N) is 2. The summed E-state index contributed by atoms with van der Waals surface area (Å²) in [5, 5.41) is 5.96. The third-order valence-electron chi connectivity index (χ3n) is 5.37. The molecule has 148 valence electrons. The van der Waals surface area contributed by atoms with E-state index in [-0.39, 0.29) is 18.0 Å². The summed E-state index contributed by atoms with van der Waals surface area (Å²) in [6.45, 7) is 9.32. The monoisotopic (exact) mass is 373 g/mol. The minimum Gasteiger partial charge on any atom is -0.369 e. The van der Waals surface area contributed by atoms with Crippen LogP contribution in [0, 0.1) is 6.92 Å². The number of piperazine rings is 1. The zero-order chi connectivity index (χ0) is 19.4. The lowest BCUT2D eigenvalue weighted by Crippen LogP contribution is -2.44. The number of urea groups is 1. The molecule has 1 aromatic carbocycles. The molecule has 7 nitrogen and oxygen atoms in total. The van der Waals surface area contributed by atoms with Crippen molar-refractivity contribution >= 4 is 23.3 Å². The van der Waals surface area contributed by atoms with Crippen LogP contribution in [0.4, 0.5) is 16.2 Å². The minimum absolute atomic E-state index is 0.0161. The number of anilines is 2. The predicted molar refractivity (Wildman–Crippen MR) is 108 cm³/mol. The molecule has 0 saturated carbocycles. The van der Waals surface area contributed by atoms with Crippen LogP contribution in [0.5, 0.6) is 0 Å². The van der Waals surface area contributed by atoms with Crippen LogP contribution in [0.3, 0.4) is 0 Å². The van der Waals surface area contributed by atoms with Crippen molar-refractivity contribution in [3.63, 3.8) is 0 Å². The van der Waals surface area contributed by atoms with Gasteiger partial charge in [0, 0.05) is 63.1 Å². The van der Waals surface area contributed by atoms with Crippen molar-refractivity contribution < 1.29 is 9.59 Å². The van der Waals surface area contributed by atoms with Crippen LogP contribution in [0.25, 0.3) is 0 Å². The number of likely N-dealkylation sites (N-methyl/N-ethyl adjacent to an activating group) is 1. The van der Waals surface area contributed by atoms with Crippen LogP contribution in [-0.4, -0.2) is 74.1 Å². The van der Waals surface area contributed by atoms with Gasteiger partial charge in [-0.25, -0.2) is 4.79 Å². The minimum atomic E-state index is -0.208. The first-order chi connectivity index (χ1) is 12.9. The molecule has 2 aliphatic heterocycles. The van der Waals surface area contributed by atoms with Gasteiger partial charge < -0.3 is 25.3 Å². The van der Waals surface area contributed by atoms with Crippen molar-refractivity contribution in [1.82, 2.24) is 15.1 Å². The summed E-state index contributed by atoms with van der Waals surface area (Å²) in [5.74, 6) is 0.148. The lowest BCUT2D eigenvalue weighted by Gasteiger charge is -2.34. The molecular formula is C20H31N5O2. The fourth-order valence-electron chi connectivity index (χ4n) is 3.76. The zero-order valence-corrected chi connectivity index (χ0v) is 16.6. The van der Waals surface area contributed by atoms with E-state index in [1.54, 1.807) is 0 Å². The maximum Gasteiger partial charge on any atom is 0.319 e. The maximum atomic E-state index is 12.4. The van der Waals surface area contributed by atoms with Crippen molar-refractivity contribution in [3.8, 4) is 0 Å². The molecule has 1 aromatic rings. The second kappa shape index (κ2) is 8.61. The molecule has 2 fully saturated rings. The van der Waals surface area contributed by atoms with E-state index in [4.69, 9.17) is 0 Å². The molecule has 0 unspecified atom stereocenters. The molecule has 0 bridgehead atoms. The average Bonchev–Trinajstić information content (AvgIpc) is 3.09. The Labute approximate surface area is 161 Å². The van der Waals surface area contributed by atoms with Gasteiger partial charge in [-0.3, -0.25) is 4.79 Å². The Morgan fingerprint density at radius 3 is 2.56 bits per heavy atom. The van der Waals surface area contributed by atoms with Crippen molar-refractivity contribution in [2.75, 3.05) is 56.5 Å².